The molecule has 1 heterocycles. The fraction of sp³-hybridized carbons (Fsp3) is 0.643. The Kier molecular flexibility index (Phi) is 7.63. The summed E-state index contributed by atoms with van der Waals surface area (Å²) in [4.78, 5) is 3.81. The zero-order chi connectivity index (χ0) is 15.7. The number of ether oxygens (including phenoxy) is 2. The van der Waals surface area contributed by atoms with Crippen molar-refractivity contribution in [3.8, 4) is 0 Å². The van der Waals surface area contributed by atoms with Gasteiger partial charge in [0, 0.05) is 25.1 Å². The van der Waals surface area contributed by atoms with Gasteiger partial charge in [-0.3, -0.25) is 4.98 Å². The molecule has 0 aliphatic heterocycles. The molecule has 1 unspecified atom stereocenters. The zero-order valence-corrected chi connectivity index (χ0v) is 12.2. The average Bonchev–Trinajstić information content (AvgIpc) is 2.46. The van der Waals surface area contributed by atoms with Crippen molar-refractivity contribution in [3.05, 3.63) is 29.6 Å². The van der Waals surface area contributed by atoms with E-state index in [4.69, 9.17) is 9.47 Å². The van der Waals surface area contributed by atoms with Crippen LogP contribution in [-0.4, -0.2) is 38.5 Å². The summed E-state index contributed by atoms with van der Waals surface area (Å²) in [6, 6.07) is 0.442. The summed E-state index contributed by atoms with van der Waals surface area (Å²) >= 11 is 0. The molecule has 0 aromatic carbocycles. The largest absolute Gasteiger partial charge is 0.416 e. The SMILES string of the molecule is CCCNC(COCCOC)c1cnccc1C(F)(F)F. The van der Waals surface area contributed by atoms with E-state index in [-0.39, 0.29) is 12.2 Å². The Labute approximate surface area is 122 Å². The Bertz CT molecular complexity index is 413. The number of alkyl halides is 3. The average molecular weight is 306 g/mol. The van der Waals surface area contributed by atoms with Gasteiger partial charge in [0.1, 0.15) is 0 Å². The van der Waals surface area contributed by atoms with Gasteiger partial charge >= 0.3 is 6.18 Å². The molecule has 0 spiro atoms. The third-order valence-electron chi connectivity index (χ3n) is 2.89. The maximum Gasteiger partial charge on any atom is 0.416 e. The second-order valence-corrected chi connectivity index (χ2v) is 4.54. The fourth-order valence-electron chi connectivity index (χ4n) is 1.86. The summed E-state index contributed by atoms with van der Waals surface area (Å²) in [7, 11) is 1.54. The van der Waals surface area contributed by atoms with Crippen molar-refractivity contribution in [2.24, 2.45) is 0 Å². The second kappa shape index (κ2) is 8.96. The van der Waals surface area contributed by atoms with E-state index in [0.29, 0.717) is 19.8 Å². The van der Waals surface area contributed by atoms with E-state index in [1.165, 1.54) is 6.20 Å². The summed E-state index contributed by atoms with van der Waals surface area (Å²) < 4.78 is 49.4. The molecule has 0 aliphatic rings. The van der Waals surface area contributed by atoms with Crippen LogP contribution in [0.4, 0.5) is 13.2 Å². The summed E-state index contributed by atoms with van der Waals surface area (Å²) in [6.07, 6.45) is -1.20. The molecule has 1 N–H and O–H groups in total. The molecule has 120 valence electrons. The highest BCUT2D eigenvalue weighted by Gasteiger charge is 2.35. The van der Waals surface area contributed by atoms with Gasteiger partial charge in [0.15, 0.2) is 0 Å². The van der Waals surface area contributed by atoms with Crippen LogP contribution < -0.4 is 5.32 Å². The van der Waals surface area contributed by atoms with Gasteiger partial charge in [-0.15, -0.1) is 0 Å². The van der Waals surface area contributed by atoms with Crippen LogP contribution in [0.2, 0.25) is 0 Å². The normalized spacial score (nSPS) is 13.4. The molecule has 0 amide bonds. The van der Waals surface area contributed by atoms with E-state index in [1.807, 2.05) is 6.92 Å². The minimum Gasteiger partial charge on any atom is -0.382 e. The molecule has 0 bridgehead atoms. The minimum atomic E-state index is -4.41. The van der Waals surface area contributed by atoms with Crippen molar-refractivity contribution in [1.82, 2.24) is 10.3 Å². The summed E-state index contributed by atoms with van der Waals surface area (Å²) in [6.45, 7) is 3.43. The molecule has 0 saturated heterocycles. The van der Waals surface area contributed by atoms with Gasteiger partial charge in [0.2, 0.25) is 0 Å². The Balaban J connectivity index is 2.86. The van der Waals surface area contributed by atoms with Crippen LogP contribution in [0.3, 0.4) is 0 Å². The number of pyridine rings is 1. The van der Waals surface area contributed by atoms with Gasteiger partial charge in [-0.1, -0.05) is 6.92 Å². The van der Waals surface area contributed by atoms with E-state index in [9.17, 15) is 13.2 Å². The number of methoxy groups -OCH3 is 1. The molecule has 1 rings (SSSR count). The molecular formula is C14H21F3N2O2. The standard InChI is InChI=1S/C14H21F3N2O2/c1-3-5-19-13(10-21-8-7-20-2)11-9-18-6-4-12(11)14(15,16)17/h4,6,9,13,19H,3,5,7-8,10H2,1-2H3. The first-order valence-corrected chi connectivity index (χ1v) is 6.81. The highest BCUT2D eigenvalue weighted by molar-refractivity contribution is 5.29. The summed E-state index contributed by atoms with van der Waals surface area (Å²) in [5.74, 6) is 0. The van der Waals surface area contributed by atoms with Crippen LogP contribution in [-0.2, 0) is 15.7 Å². The molecule has 0 fully saturated rings. The molecule has 1 aromatic heterocycles. The van der Waals surface area contributed by atoms with Crippen LogP contribution in [0, 0.1) is 0 Å². The molecular weight excluding hydrogens is 285 g/mol. The van der Waals surface area contributed by atoms with Gasteiger partial charge in [0.25, 0.3) is 0 Å². The maximum atomic E-state index is 13.1. The molecule has 0 radical (unpaired) electrons. The predicted molar refractivity (Wildman–Crippen MR) is 73.0 cm³/mol. The van der Waals surface area contributed by atoms with Crippen molar-refractivity contribution >= 4 is 0 Å². The fourth-order valence-corrected chi connectivity index (χ4v) is 1.86. The Hall–Kier alpha value is -1.18. The maximum absolute atomic E-state index is 13.1. The third-order valence-corrected chi connectivity index (χ3v) is 2.89. The summed E-state index contributed by atoms with van der Waals surface area (Å²) in [5, 5.41) is 3.07. The number of nitrogens with one attached hydrogen (secondary N) is 1. The number of nitrogens with zero attached hydrogens (tertiary/aromatic N) is 1. The number of rotatable bonds is 9. The van der Waals surface area contributed by atoms with Crippen molar-refractivity contribution in [2.45, 2.75) is 25.6 Å². The Morgan fingerprint density at radius 3 is 2.71 bits per heavy atom. The van der Waals surface area contributed by atoms with Crippen LogP contribution >= 0.6 is 0 Å². The first-order valence-electron chi connectivity index (χ1n) is 6.81. The van der Waals surface area contributed by atoms with Crippen molar-refractivity contribution in [2.75, 3.05) is 33.5 Å². The predicted octanol–water partition coefficient (Wildman–Crippen LogP) is 2.80. The van der Waals surface area contributed by atoms with Gasteiger partial charge in [-0.2, -0.15) is 13.2 Å². The van der Waals surface area contributed by atoms with Gasteiger partial charge in [0.05, 0.1) is 31.4 Å². The summed E-state index contributed by atoms with van der Waals surface area (Å²) in [5.41, 5.74) is -0.572. The number of aromatic nitrogens is 1. The number of hydrogen-bond donors (Lipinski definition) is 1. The van der Waals surface area contributed by atoms with E-state index in [2.05, 4.69) is 10.3 Å². The van der Waals surface area contributed by atoms with Crippen LogP contribution in [0.15, 0.2) is 18.5 Å². The highest BCUT2D eigenvalue weighted by Crippen LogP contribution is 2.34. The minimum absolute atomic E-state index is 0.107. The number of hydrogen-bond acceptors (Lipinski definition) is 4. The first-order chi connectivity index (χ1) is 10.0. The van der Waals surface area contributed by atoms with Crippen molar-refractivity contribution in [3.63, 3.8) is 0 Å². The monoisotopic (exact) mass is 306 g/mol. The van der Waals surface area contributed by atoms with E-state index in [1.54, 1.807) is 7.11 Å². The molecule has 21 heavy (non-hydrogen) atoms. The smallest absolute Gasteiger partial charge is 0.382 e. The van der Waals surface area contributed by atoms with Gasteiger partial charge < -0.3 is 14.8 Å². The highest BCUT2D eigenvalue weighted by atomic mass is 19.4. The van der Waals surface area contributed by atoms with Crippen molar-refractivity contribution < 1.29 is 22.6 Å². The van der Waals surface area contributed by atoms with Crippen LogP contribution in [0.1, 0.15) is 30.5 Å². The lowest BCUT2D eigenvalue weighted by atomic mass is 10.0. The lowest BCUT2D eigenvalue weighted by Crippen LogP contribution is -2.29. The quantitative estimate of drug-likeness (QED) is 0.713. The van der Waals surface area contributed by atoms with E-state index < -0.39 is 17.8 Å². The molecule has 1 aromatic rings. The van der Waals surface area contributed by atoms with Gasteiger partial charge in [-0.05, 0) is 19.0 Å². The molecule has 1 atom stereocenters. The lowest BCUT2D eigenvalue weighted by Gasteiger charge is -2.22. The second-order valence-electron chi connectivity index (χ2n) is 4.54. The van der Waals surface area contributed by atoms with E-state index in [0.717, 1.165) is 18.7 Å². The van der Waals surface area contributed by atoms with Gasteiger partial charge in [-0.25, -0.2) is 0 Å². The molecule has 7 heteroatoms. The zero-order valence-electron chi connectivity index (χ0n) is 12.2. The lowest BCUT2D eigenvalue weighted by molar-refractivity contribution is -0.138. The van der Waals surface area contributed by atoms with Crippen molar-refractivity contribution in [1.29, 1.82) is 0 Å². The van der Waals surface area contributed by atoms with Crippen LogP contribution in [0.5, 0.6) is 0 Å². The Morgan fingerprint density at radius 2 is 2.10 bits per heavy atom. The molecule has 0 aliphatic carbocycles. The molecule has 4 nitrogen and oxygen atoms in total. The van der Waals surface area contributed by atoms with E-state index >= 15 is 0 Å². The first kappa shape index (κ1) is 17.9. The number of halogens is 3. The topological polar surface area (TPSA) is 43.4 Å². The van der Waals surface area contributed by atoms with Crippen LogP contribution in [0.25, 0.3) is 0 Å². The molecule has 0 saturated carbocycles. The third kappa shape index (κ3) is 5.99. The Morgan fingerprint density at radius 1 is 1.33 bits per heavy atom.